The summed E-state index contributed by atoms with van der Waals surface area (Å²) in [5, 5.41) is 13.8. The number of rotatable bonds is 52. The van der Waals surface area contributed by atoms with Crippen LogP contribution in [-0.4, -0.2) is 73.4 Å². The molecule has 402 valence electrons. The fraction of sp³-hybridized carbons (Fsp3) is 0.783. The highest BCUT2D eigenvalue weighted by Gasteiger charge is 2.27. The van der Waals surface area contributed by atoms with Crippen molar-refractivity contribution in [1.29, 1.82) is 0 Å². The molecular weight excluding hydrogens is 876 g/mol. The van der Waals surface area contributed by atoms with Gasteiger partial charge in [0.25, 0.3) is 0 Å². The molecule has 0 radical (unpaired) electrons. The van der Waals surface area contributed by atoms with Crippen LogP contribution >= 0.6 is 7.82 Å². The quantitative estimate of drug-likeness (QED) is 0.0243. The first kappa shape index (κ1) is 66.9. The van der Waals surface area contributed by atoms with E-state index in [0.29, 0.717) is 17.4 Å². The molecule has 0 saturated carbocycles. The van der Waals surface area contributed by atoms with E-state index < -0.39 is 20.0 Å². The third-order valence-electron chi connectivity index (χ3n) is 12.6. The molecule has 0 saturated heterocycles. The number of likely N-dealkylation sites (N-methyl/N-ethyl adjacent to an activating group) is 1. The average molecular weight is 989 g/mol. The summed E-state index contributed by atoms with van der Waals surface area (Å²) in [6.45, 7) is 4.73. The minimum atomic E-state index is -4.35. The highest BCUT2D eigenvalue weighted by Crippen LogP contribution is 2.43. The first-order valence-corrected chi connectivity index (χ1v) is 30.3. The second-order valence-corrected chi connectivity index (χ2v) is 22.1. The van der Waals surface area contributed by atoms with Gasteiger partial charge in [0.05, 0.1) is 39.9 Å². The first-order chi connectivity index (χ1) is 33.5. The number of aliphatic hydroxyl groups is 1. The van der Waals surface area contributed by atoms with E-state index >= 15 is 0 Å². The van der Waals surface area contributed by atoms with Gasteiger partial charge in [0, 0.05) is 6.42 Å². The van der Waals surface area contributed by atoms with Crippen LogP contribution in [0.5, 0.6) is 0 Å². The molecule has 0 fully saturated rings. The van der Waals surface area contributed by atoms with E-state index in [1.807, 2.05) is 27.2 Å². The predicted octanol–water partition coefficient (Wildman–Crippen LogP) is 17.5. The number of phosphoric acid groups is 1. The zero-order valence-corrected chi connectivity index (χ0v) is 46.7. The highest BCUT2D eigenvalue weighted by molar-refractivity contribution is 7.47. The van der Waals surface area contributed by atoms with Gasteiger partial charge in [-0.25, -0.2) is 4.57 Å². The second kappa shape index (κ2) is 50.9. The van der Waals surface area contributed by atoms with Gasteiger partial charge in [-0.05, 0) is 77.0 Å². The Morgan fingerprint density at radius 1 is 0.493 bits per heavy atom. The smallest absolute Gasteiger partial charge is 0.387 e. The van der Waals surface area contributed by atoms with E-state index in [2.05, 4.69) is 79.9 Å². The zero-order chi connectivity index (χ0) is 50.6. The van der Waals surface area contributed by atoms with Gasteiger partial charge in [-0.1, -0.05) is 241 Å². The summed E-state index contributed by atoms with van der Waals surface area (Å²) in [4.78, 5) is 23.2. The van der Waals surface area contributed by atoms with E-state index in [4.69, 9.17) is 9.05 Å². The molecule has 3 atom stereocenters. The molecule has 9 heteroatoms. The Labute approximate surface area is 427 Å². The van der Waals surface area contributed by atoms with Crippen LogP contribution in [-0.2, 0) is 18.4 Å². The molecule has 1 amide bonds. The average Bonchev–Trinajstić information content (AvgIpc) is 3.31. The summed E-state index contributed by atoms with van der Waals surface area (Å²) in [6, 6.07) is -0.870. The van der Waals surface area contributed by atoms with Crippen molar-refractivity contribution in [2.24, 2.45) is 0 Å². The molecule has 0 aliphatic heterocycles. The van der Waals surface area contributed by atoms with Crippen molar-refractivity contribution in [3.05, 3.63) is 72.9 Å². The maximum atomic E-state index is 12.9. The van der Waals surface area contributed by atoms with Gasteiger partial charge in [-0.2, -0.15) is 0 Å². The molecule has 0 bridgehead atoms. The normalized spacial score (nSPS) is 14.5. The van der Waals surface area contributed by atoms with Crippen molar-refractivity contribution in [1.82, 2.24) is 5.32 Å². The number of amides is 1. The van der Waals surface area contributed by atoms with Crippen molar-refractivity contribution >= 4 is 13.7 Å². The number of nitrogens with zero attached hydrogens (tertiary/aromatic N) is 1. The predicted molar refractivity (Wildman–Crippen MR) is 300 cm³/mol. The first-order valence-electron chi connectivity index (χ1n) is 28.8. The standard InChI is InChI=1S/C60H111N2O6P/c1-6-8-10-12-14-16-18-20-21-22-23-24-25-26-27-28-29-30-31-32-33-34-35-36-37-38-39-40-41-42-44-46-48-50-52-54-60(64)61-58(57-68-69(65,66)67-56-55-62(3,4)5)59(63)53-51-49-47-45-43-19-17-15-13-11-9-7-2/h13,15,18,20,22-23,25-26,43,45,51,53,58-59,63H,6-12,14,16-17,19,21,24,27-42,44,46-50,52,54-57H2,1-5H3,(H-,61,64,65,66)/p+1/b15-13+,20-18-,23-22-,26-25-,45-43+,53-51+. The van der Waals surface area contributed by atoms with Crippen LogP contribution in [0.1, 0.15) is 251 Å². The zero-order valence-electron chi connectivity index (χ0n) is 45.8. The fourth-order valence-electron chi connectivity index (χ4n) is 8.07. The molecule has 0 spiro atoms. The Morgan fingerprint density at radius 2 is 0.855 bits per heavy atom. The Balaban J connectivity index is 3.99. The lowest BCUT2D eigenvalue weighted by Crippen LogP contribution is -2.45. The minimum absolute atomic E-state index is 0.0522. The van der Waals surface area contributed by atoms with E-state index in [1.165, 1.54) is 167 Å². The molecule has 3 N–H and O–H groups in total. The van der Waals surface area contributed by atoms with Crippen LogP contribution in [0.25, 0.3) is 0 Å². The van der Waals surface area contributed by atoms with Crippen molar-refractivity contribution in [2.75, 3.05) is 40.9 Å². The minimum Gasteiger partial charge on any atom is -0.387 e. The van der Waals surface area contributed by atoms with Crippen LogP contribution in [0.3, 0.4) is 0 Å². The van der Waals surface area contributed by atoms with E-state index in [0.717, 1.165) is 64.2 Å². The number of hydrogen-bond donors (Lipinski definition) is 3. The van der Waals surface area contributed by atoms with Gasteiger partial charge in [-0.3, -0.25) is 13.8 Å². The van der Waals surface area contributed by atoms with Crippen molar-refractivity contribution in [3.63, 3.8) is 0 Å². The summed E-state index contributed by atoms with van der Waals surface area (Å²) >= 11 is 0. The summed E-state index contributed by atoms with van der Waals surface area (Å²) in [5.41, 5.74) is 0. The molecular formula is C60H112N2O6P+. The number of unbranched alkanes of at least 4 members (excludes halogenated alkanes) is 29. The van der Waals surface area contributed by atoms with E-state index in [9.17, 15) is 19.4 Å². The number of carbonyl (C=O) groups is 1. The van der Waals surface area contributed by atoms with Crippen LogP contribution in [0, 0.1) is 0 Å². The van der Waals surface area contributed by atoms with Crippen LogP contribution in [0.2, 0.25) is 0 Å². The van der Waals surface area contributed by atoms with Crippen molar-refractivity contribution in [2.45, 2.75) is 264 Å². The lowest BCUT2D eigenvalue weighted by atomic mass is 10.0. The Kier molecular flexibility index (Phi) is 49.3. The van der Waals surface area contributed by atoms with Gasteiger partial charge < -0.3 is 19.8 Å². The SMILES string of the molecule is CCCC/C=C/CC/C=C/CC/C=C/C(O)C(COP(=O)(O)OCC[N+](C)(C)C)NC(=O)CCCCCCCCCCCCCCCCCCCCCC/C=C\C/C=C\C/C=C\CCCCCCC. The van der Waals surface area contributed by atoms with Crippen molar-refractivity contribution in [3.8, 4) is 0 Å². The third-order valence-corrected chi connectivity index (χ3v) is 13.6. The molecule has 0 aromatic heterocycles. The number of aliphatic hydroxyl groups excluding tert-OH is 1. The maximum absolute atomic E-state index is 12.9. The fourth-order valence-corrected chi connectivity index (χ4v) is 8.80. The summed E-state index contributed by atoms with van der Waals surface area (Å²) in [5.74, 6) is -0.192. The Bertz CT molecular complexity index is 1350. The van der Waals surface area contributed by atoms with Gasteiger partial charge in [0.1, 0.15) is 13.2 Å². The molecule has 0 heterocycles. The van der Waals surface area contributed by atoms with Gasteiger partial charge in [0.15, 0.2) is 0 Å². The van der Waals surface area contributed by atoms with Crippen LogP contribution in [0.15, 0.2) is 72.9 Å². The van der Waals surface area contributed by atoms with Gasteiger partial charge in [0.2, 0.25) is 5.91 Å². The van der Waals surface area contributed by atoms with E-state index in [-0.39, 0.29) is 19.1 Å². The lowest BCUT2D eigenvalue weighted by molar-refractivity contribution is -0.870. The molecule has 0 aromatic carbocycles. The van der Waals surface area contributed by atoms with Crippen LogP contribution in [0.4, 0.5) is 0 Å². The lowest BCUT2D eigenvalue weighted by Gasteiger charge is -2.25. The number of quaternary nitrogens is 1. The molecule has 3 unspecified atom stereocenters. The molecule has 0 aliphatic carbocycles. The van der Waals surface area contributed by atoms with Gasteiger partial charge >= 0.3 is 7.82 Å². The topological polar surface area (TPSA) is 105 Å². The Hall–Kier alpha value is -2.06. The molecule has 0 aromatic rings. The molecule has 0 rings (SSSR count). The summed E-state index contributed by atoms with van der Waals surface area (Å²) < 4.78 is 23.6. The van der Waals surface area contributed by atoms with Gasteiger partial charge in [-0.15, -0.1) is 0 Å². The van der Waals surface area contributed by atoms with E-state index in [1.54, 1.807) is 6.08 Å². The molecule has 8 nitrogen and oxygen atoms in total. The number of nitrogens with one attached hydrogen (secondary N) is 1. The highest BCUT2D eigenvalue weighted by atomic mass is 31.2. The largest absolute Gasteiger partial charge is 0.472 e. The number of carbonyl (C=O) groups excluding carboxylic acids is 1. The third kappa shape index (κ3) is 53.6. The summed E-state index contributed by atoms with van der Waals surface area (Å²) in [7, 11) is 1.54. The number of phosphoric ester groups is 1. The maximum Gasteiger partial charge on any atom is 0.472 e. The molecule has 0 aliphatic rings. The Morgan fingerprint density at radius 3 is 1.30 bits per heavy atom. The van der Waals surface area contributed by atoms with Crippen LogP contribution < -0.4 is 5.32 Å². The molecule has 69 heavy (non-hydrogen) atoms. The number of hydrogen-bond acceptors (Lipinski definition) is 5. The second-order valence-electron chi connectivity index (χ2n) is 20.6. The monoisotopic (exact) mass is 988 g/mol. The number of allylic oxidation sites excluding steroid dienone is 11. The summed E-state index contributed by atoms with van der Waals surface area (Å²) in [6.07, 6.45) is 70.3. The van der Waals surface area contributed by atoms with Crippen molar-refractivity contribution < 1.29 is 32.9 Å².